The van der Waals surface area contributed by atoms with Gasteiger partial charge in [0.15, 0.2) is 0 Å². The largest absolute Gasteiger partial charge is 0.480 e. The molecule has 0 saturated carbocycles. The minimum atomic E-state index is -0.999. The molecule has 4 heteroatoms. The lowest BCUT2D eigenvalue weighted by Gasteiger charge is -2.25. The third-order valence-electron chi connectivity index (χ3n) is 2.75. The summed E-state index contributed by atoms with van der Waals surface area (Å²) in [4.78, 5) is 21.4. The van der Waals surface area contributed by atoms with Crippen LogP contribution in [0.3, 0.4) is 0 Å². The number of hydrogen-bond donors (Lipinski definition) is 2. The fraction of sp³-hybridized carbons (Fsp3) is 0.667. The third kappa shape index (κ3) is 1.39. The SMILES string of the molecule is CC[C@H]1C(=C=O)CN[C@]1(C)C(=O)O. The predicted octanol–water partition coefficient (Wildman–Crippen LogP) is 0.217. The molecule has 0 unspecified atom stereocenters. The summed E-state index contributed by atoms with van der Waals surface area (Å²) in [5.74, 6) is 0.670. The number of carbonyl (C=O) groups is 1. The molecule has 1 aliphatic heterocycles. The van der Waals surface area contributed by atoms with Crippen molar-refractivity contribution >= 4 is 11.9 Å². The fourth-order valence-electron chi connectivity index (χ4n) is 1.86. The molecule has 2 atom stereocenters. The summed E-state index contributed by atoms with van der Waals surface area (Å²) in [6.07, 6.45) is 0.639. The van der Waals surface area contributed by atoms with Crippen molar-refractivity contribution < 1.29 is 14.7 Å². The van der Waals surface area contributed by atoms with E-state index in [-0.39, 0.29) is 5.92 Å². The minimum Gasteiger partial charge on any atom is -0.480 e. The second-order valence-corrected chi connectivity index (χ2v) is 3.45. The Bertz CT molecular complexity index is 281. The lowest BCUT2D eigenvalue weighted by molar-refractivity contribution is -0.145. The molecule has 1 aliphatic rings. The number of nitrogens with one attached hydrogen (secondary N) is 1. The summed E-state index contributed by atoms with van der Waals surface area (Å²) < 4.78 is 0. The lowest BCUT2D eigenvalue weighted by atomic mass is 9.83. The average molecular weight is 183 g/mol. The summed E-state index contributed by atoms with van der Waals surface area (Å²) in [6.45, 7) is 3.81. The summed E-state index contributed by atoms with van der Waals surface area (Å²) >= 11 is 0. The summed E-state index contributed by atoms with van der Waals surface area (Å²) in [5.41, 5.74) is -0.464. The van der Waals surface area contributed by atoms with E-state index >= 15 is 0 Å². The lowest BCUT2D eigenvalue weighted by Crippen LogP contribution is -2.49. The molecule has 0 radical (unpaired) electrons. The van der Waals surface area contributed by atoms with E-state index in [9.17, 15) is 9.59 Å². The fourth-order valence-corrected chi connectivity index (χ4v) is 1.86. The van der Waals surface area contributed by atoms with Gasteiger partial charge in [-0.15, -0.1) is 0 Å². The van der Waals surface area contributed by atoms with Crippen molar-refractivity contribution in [1.82, 2.24) is 5.32 Å². The monoisotopic (exact) mass is 183 g/mol. The molecule has 0 aromatic heterocycles. The highest BCUT2D eigenvalue weighted by molar-refractivity contribution is 5.81. The number of carboxylic acids is 1. The standard InChI is InChI=1S/C9H13NO3/c1-3-7-6(5-11)4-10-9(7,2)8(12)13/h7,10H,3-4H2,1-2H3,(H,12,13)/t7-,9-/m0/s1. The summed E-state index contributed by atoms with van der Waals surface area (Å²) in [5, 5.41) is 11.8. The van der Waals surface area contributed by atoms with Crippen molar-refractivity contribution in [3.8, 4) is 0 Å². The predicted molar refractivity (Wildman–Crippen MR) is 47.0 cm³/mol. The van der Waals surface area contributed by atoms with E-state index in [4.69, 9.17) is 5.11 Å². The Morgan fingerprint density at radius 3 is 2.85 bits per heavy atom. The first-order chi connectivity index (χ1) is 6.06. The van der Waals surface area contributed by atoms with Gasteiger partial charge in [-0.05, 0) is 13.3 Å². The molecule has 0 bridgehead atoms. The number of hydrogen-bond acceptors (Lipinski definition) is 3. The molecule has 0 aromatic rings. The second kappa shape index (κ2) is 3.32. The van der Waals surface area contributed by atoms with Crippen molar-refractivity contribution in [3.63, 3.8) is 0 Å². The van der Waals surface area contributed by atoms with Crippen molar-refractivity contribution in [2.75, 3.05) is 6.54 Å². The molecule has 1 fully saturated rings. The highest BCUT2D eigenvalue weighted by atomic mass is 16.4. The Morgan fingerprint density at radius 2 is 2.46 bits per heavy atom. The van der Waals surface area contributed by atoms with Crippen LogP contribution in [0.2, 0.25) is 0 Å². The highest BCUT2D eigenvalue weighted by Crippen LogP contribution is 2.32. The number of aliphatic carboxylic acids is 1. The van der Waals surface area contributed by atoms with Crippen LogP contribution in [0.1, 0.15) is 20.3 Å². The van der Waals surface area contributed by atoms with Crippen LogP contribution >= 0.6 is 0 Å². The van der Waals surface area contributed by atoms with Gasteiger partial charge < -0.3 is 5.11 Å². The molecule has 0 amide bonds. The zero-order valence-electron chi connectivity index (χ0n) is 7.76. The Balaban J connectivity index is 3.04. The van der Waals surface area contributed by atoms with Gasteiger partial charge in [-0.3, -0.25) is 10.1 Å². The summed E-state index contributed by atoms with van der Waals surface area (Å²) in [6, 6.07) is 0. The topological polar surface area (TPSA) is 66.4 Å². The minimum absolute atomic E-state index is 0.234. The van der Waals surface area contributed by atoms with Crippen molar-refractivity contribution in [2.24, 2.45) is 5.92 Å². The molecule has 4 nitrogen and oxygen atoms in total. The van der Waals surface area contributed by atoms with Crippen LogP contribution in [-0.4, -0.2) is 29.1 Å². The van der Waals surface area contributed by atoms with Crippen LogP contribution in [0.5, 0.6) is 0 Å². The zero-order valence-corrected chi connectivity index (χ0v) is 7.76. The van der Waals surface area contributed by atoms with E-state index in [0.717, 1.165) is 0 Å². The van der Waals surface area contributed by atoms with Gasteiger partial charge in [0, 0.05) is 18.0 Å². The molecule has 1 rings (SSSR count). The maximum Gasteiger partial charge on any atom is 0.324 e. The Hall–Kier alpha value is -1.12. The van der Waals surface area contributed by atoms with Crippen LogP contribution in [-0.2, 0) is 9.59 Å². The molecular formula is C9H13NO3. The average Bonchev–Trinajstić information content (AvgIpc) is 2.43. The van der Waals surface area contributed by atoms with Crippen LogP contribution < -0.4 is 5.32 Å². The molecule has 1 heterocycles. The van der Waals surface area contributed by atoms with Crippen LogP contribution in [0, 0.1) is 5.92 Å². The molecule has 2 N–H and O–H groups in total. The van der Waals surface area contributed by atoms with Gasteiger partial charge in [-0.25, -0.2) is 4.79 Å². The second-order valence-electron chi connectivity index (χ2n) is 3.45. The first-order valence-electron chi connectivity index (χ1n) is 4.28. The Kier molecular flexibility index (Phi) is 2.55. The molecule has 0 aliphatic carbocycles. The van der Waals surface area contributed by atoms with Crippen LogP contribution in [0.15, 0.2) is 5.57 Å². The quantitative estimate of drug-likeness (QED) is 0.601. The van der Waals surface area contributed by atoms with Gasteiger partial charge in [0.2, 0.25) is 0 Å². The first-order valence-corrected chi connectivity index (χ1v) is 4.28. The zero-order chi connectivity index (χ0) is 10.1. The maximum absolute atomic E-state index is 10.9. The Morgan fingerprint density at radius 1 is 1.85 bits per heavy atom. The van der Waals surface area contributed by atoms with Gasteiger partial charge in [-0.2, -0.15) is 0 Å². The first kappa shape index (κ1) is 9.96. The third-order valence-corrected chi connectivity index (χ3v) is 2.75. The number of carboxylic acid groups (broad SMARTS) is 1. The van der Waals surface area contributed by atoms with E-state index in [1.54, 1.807) is 6.92 Å². The van der Waals surface area contributed by atoms with E-state index < -0.39 is 11.5 Å². The normalized spacial score (nSPS) is 33.1. The van der Waals surface area contributed by atoms with Gasteiger partial charge in [0.25, 0.3) is 0 Å². The smallest absolute Gasteiger partial charge is 0.324 e. The highest BCUT2D eigenvalue weighted by Gasteiger charge is 2.47. The number of rotatable bonds is 2. The number of carbonyl (C=O) groups excluding carboxylic acids is 1. The molecule has 13 heavy (non-hydrogen) atoms. The maximum atomic E-state index is 10.9. The van der Waals surface area contributed by atoms with Gasteiger partial charge in [0.05, 0.1) is 0 Å². The molecule has 0 aromatic carbocycles. The molecular weight excluding hydrogens is 170 g/mol. The van der Waals surface area contributed by atoms with Crippen molar-refractivity contribution in [1.29, 1.82) is 0 Å². The van der Waals surface area contributed by atoms with Crippen LogP contribution in [0.25, 0.3) is 0 Å². The Labute approximate surface area is 76.6 Å². The van der Waals surface area contributed by atoms with E-state index in [1.807, 2.05) is 12.9 Å². The van der Waals surface area contributed by atoms with Gasteiger partial charge in [-0.1, -0.05) is 6.92 Å². The van der Waals surface area contributed by atoms with E-state index in [0.29, 0.717) is 18.5 Å². The van der Waals surface area contributed by atoms with Crippen molar-refractivity contribution in [3.05, 3.63) is 5.57 Å². The van der Waals surface area contributed by atoms with Crippen molar-refractivity contribution in [2.45, 2.75) is 25.8 Å². The summed E-state index contributed by atoms with van der Waals surface area (Å²) in [7, 11) is 0. The molecule has 0 spiro atoms. The van der Waals surface area contributed by atoms with Crippen LogP contribution in [0.4, 0.5) is 0 Å². The van der Waals surface area contributed by atoms with Gasteiger partial charge in [0.1, 0.15) is 11.5 Å². The molecule has 1 saturated heterocycles. The van der Waals surface area contributed by atoms with Gasteiger partial charge >= 0.3 is 5.97 Å². The van der Waals surface area contributed by atoms with E-state index in [1.165, 1.54) is 0 Å². The molecule has 72 valence electrons. The van der Waals surface area contributed by atoms with E-state index in [2.05, 4.69) is 5.32 Å².